The minimum absolute atomic E-state index is 0.0969. The zero-order valence-corrected chi connectivity index (χ0v) is 15.7. The second kappa shape index (κ2) is 10.4. The first-order valence-electron chi connectivity index (χ1n) is 8.92. The molecule has 1 heterocycles. The second-order valence-electron chi connectivity index (χ2n) is 6.43. The number of esters is 1. The molecular weight excluding hydrogens is 358 g/mol. The van der Waals surface area contributed by atoms with Crippen LogP contribution in [0.2, 0.25) is 5.02 Å². The molecule has 2 rings (SSSR count). The third kappa shape index (κ3) is 6.84. The summed E-state index contributed by atoms with van der Waals surface area (Å²) in [6.45, 7) is 2.49. The van der Waals surface area contributed by atoms with Gasteiger partial charge in [-0.2, -0.15) is 0 Å². The quantitative estimate of drug-likeness (QED) is 0.314. The van der Waals surface area contributed by atoms with Crippen molar-refractivity contribution in [1.82, 2.24) is 4.98 Å². The molecule has 1 fully saturated rings. The molecule has 7 heteroatoms. The van der Waals surface area contributed by atoms with Gasteiger partial charge in [-0.15, -0.1) is 0 Å². The van der Waals surface area contributed by atoms with E-state index in [9.17, 15) is 14.4 Å². The number of halogens is 1. The normalized spacial score (nSPS) is 14.7. The van der Waals surface area contributed by atoms with Crippen LogP contribution in [0, 0.1) is 11.8 Å². The third-order valence-corrected chi connectivity index (χ3v) is 4.38. The topological polar surface area (TPSA) is 82.6 Å². The molecule has 0 radical (unpaired) electrons. The first-order chi connectivity index (χ1) is 12.5. The van der Waals surface area contributed by atoms with Gasteiger partial charge in [0.1, 0.15) is 6.61 Å². The van der Waals surface area contributed by atoms with E-state index in [2.05, 4.69) is 4.98 Å². The van der Waals surface area contributed by atoms with Gasteiger partial charge in [0.2, 0.25) is 0 Å². The fourth-order valence-electron chi connectivity index (χ4n) is 2.58. The largest absolute Gasteiger partial charge is 0.466 e. The molecule has 1 aliphatic carbocycles. The van der Waals surface area contributed by atoms with Gasteiger partial charge < -0.3 is 9.47 Å². The molecule has 1 unspecified atom stereocenters. The number of Topliss-reactive ketones (excluding diaryl/α,β-unsaturated/α-hetero) is 2. The summed E-state index contributed by atoms with van der Waals surface area (Å²) in [6, 6.07) is 1.49. The molecule has 1 saturated carbocycles. The maximum Gasteiger partial charge on any atom is 0.305 e. The third-order valence-electron chi connectivity index (χ3n) is 4.17. The Balaban J connectivity index is 1.97. The zero-order valence-electron chi connectivity index (χ0n) is 14.9. The summed E-state index contributed by atoms with van der Waals surface area (Å²) in [7, 11) is 0. The Labute approximate surface area is 158 Å². The molecular formula is C19H24ClNO5. The van der Waals surface area contributed by atoms with Gasteiger partial charge in [0.05, 0.1) is 17.5 Å². The molecule has 0 bridgehead atoms. The molecule has 1 aliphatic rings. The molecule has 0 spiro atoms. The fraction of sp³-hybridized carbons (Fsp3) is 0.579. The molecule has 0 amide bonds. The number of rotatable bonds is 12. The molecule has 0 N–H and O–H groups in total. The van der Waals surface area contributed by atoms with Crippen molar-refractivity contribution < 1.29 is 23.9 Å². The number of nitrogens with zero attached hydrogens (tertiary/aromatic N) is 1. The number of hydrogen-bond donors (Lipinski definition) is 0. The predicted molar refractivity (Wildman–Crippen MR) is 96.1 cm³/mol. The smallest absolute Gasteiger partial charge is 0.305 e. The lowest BCUT2D eigenvalue weighted by atomic mass is 9.90. The highest BCUT2D eigenvalue weighted by molar-refractivity contribution is 6.31. The average molecular weight is 382 g/mol. The molecule has 26 heavy (non-hydrogen) atoms. The first kappa shape index (κ1) is 20.5. The van der Waals surface area contributed by atoms with Crippen molar-refractivity contribution in [2.75, 3.05) is 19.8 Å². The molecule has 0 aliphatic heterocycles. The SMILES string of the molecule is CCOC(=O)CCCC(C(=O)COCC1CC1)C(=O)c1cncc(Cl)c1. The van der Waals surface area contributed by atoms with Crippen LogP contribution >= 0.6 is 11.6 Å². The van der Waals surface area contributed by atoms with E-state index >= 15 is 0 Å². The Morgan fingerprint density at radius 3 is 2.73 bits per heavy atom. The Kier molecular flexibility index (Phi) is 8.19. The summed E-state index contributed by atoms with van der Waals surface area (Å²) >= 11 is 5.89. The minimum atomic E-state index is -0.871. The number of aromatic nitrogens is 1. The summed E-state index contributed by atoms with van der Waals surface area (Å²) in [6.07, 6.45) is 5.89. The van der Waals surface area contributed by atoms with Crippen molar-refractivity contribution in [3.05, 3.63) is 29.0 Å². The van der Waals surface area contributed by atoms with E-state index in [1.807, 2.05) is 0 Å². The molecule has 1 aromatic rings. The molecule has 6 nitrogen and oxygen atoms in total. The van der Waals surface area contributed by atoms with Crippen LogP contribution < -0.4 is 0 Å². The maximum absolute atomic E-state index is 12.8. The molecule has 1 aromatic heterocycles. The number of hydrogen-bond acceptors (Lipinski definition) is 6. The molecule has 1 atom stereocenters. The van der Waals surface area contributed by atoms with E-state index in [0.29, 0.717) is 30.6 Å². The highest BCUT2D eigenvalue weighted by Crippen LogP contribution is 2.29. The molecule has 0 saturated heterocycles. The zero-order chi connectivity index (χ0) is 18.9. The Hall–Kier alpha value is -1.79. The summed E-state index contributed by atoms with van der Waals surface area (Å²) in [5, 5.41) is 0.332. The summed E-state index contributed by atoms with van der Waals surface area (Å²) in [5.41, 5.74) is 0.286. The van der Waals surface area contributed by atoms with Crippen molar-refractivity contribution >= 4 is 29.1 Å². The average Bonchev–Trinajstić information content (AvgIpc) is 3.42. The van der Waals surface area contributed by atoms with E-state index in [0.717, 1.165) is 12.8 Å². The van der Waals surface area contributed by atoms with Gasteiger partial charge in [-0.05, 0) is 44.6 Å². The van der Waals surface area contributed by atoms with E-state index in [1.54, 1.807) is 6.92 Å². The van der Waals surface area contributed by atoms with Crippen molar-refractivity contribution in [2.45, 2.75) is 39.0 Å². The number of carbonyl (C=O) groups is 3. The van der Waals surface area contributed by atoms with Crippen LogP contribution in [0.5, 0.6) is 0 Å². The van der Waals surface area contributed by atoms with Gasteiger partial charge >= 0.3 is 5.97 Å². The van der Waals surface area contributed by atoms with Gasteiger partial charge in [-0.1, -0.05) is 11.6 Å². The predicted octanol–water partition coefficient (Wildman–Crippen LogP) is 3.26. The Morgan fingerprint density at radius 1 is 1.31 bits per heavy atom. The molecule has 142 valence electrons. The van der Waals surface area contributed by atoms with E-state index < -0.39 is 5.92 Å². The first-order valence-corrected chi connectivity index (χ1v) is 9.30. The monoisotopic (exact) mass is 381 g/mol. The van der Waals surface area contributed by atoms with Crippen molar-refractivity contribution in [3.8, 4) is 0 Å². The molecule has 0 aromatic carbocycles. The van der Waals surface area contributed by atoms with Gasteiger partial charge in [-0.3, -0.25) is 19.4 Å². The van der Waals surface area contributed by atoms with Crippen LogP contribution in [-0.2, 0) is 19.1 Å². The number of ether oxygens (including phenoxy) is 2. The Bertz CT molecular complexity index is 645. The van der Waals surface area contributed by atoms with Crippen molar-refractivity contribution in [2.24, 2.45) is 11.8 Å². The second-order valence-corrected chi connectivity index (χ2v) is 6.87. The number of carbonyl (C=O) groups excluding carboxylic acids is 3. The fourth-order valence-corrected chi connectivity index (χ4v) is 2.75. The highest BCUT2D eigenvalue weighted by atomic mass is 35.5. The lowest BCUT2D eigenvalue weighted by Crippen LogP contribution is -2.28. The lowest BCUT2D eigenvalue weighted by molar-refractivity contribution is -0.143. The summed E-state index contributed by atoms with van der Waals surface area (Å²) < 4.78 is 10.3. The van der Waals surface area contributed by atoms with Gasteiger partial charge in [-0.25, -0.2) is 0 Å². The minimum Gasteiger partial charge on any atom is -0.466 e. The van der Waals surface area contributed by atoms with Crippen molar-refractivity contribution in [3.63, 3.8) is 0 Å². The van der Waals surface area contributed by atoms with Crippen LogP contribution in [0.25, 0.3) is 0 Å². The summed E-state index contributed by atoms with van der Waals surface area (Å²) in [4.78, 5) is 40.7. The van der Waals surface area contributed by atoms with Crippen LogP contribution in [0.3, 0.4) is 0 Å². The summed E-state index contributed by atoms with van der Waals surface area (Å²) in [5.74, 6) is -1.29. The van der Waals surface area contributed by atoms with E-state index in [1.165, 1.54) is 18.5 Å². The highest BCUT2D eigenvalue weighted by Gasteiger charge is 2.29. The number of pyridine rings is 1. The van der Waals surface area contributed by atoms with Crippen LogP contribution in [0.4, 0.5) is 0 Å². The van der Waals surface area contributed by atoms with Crippen molar-refractivity contribution in [1.29, 1.82) is 0 Å². The Morgan fingerprint density at radius 2 is 2.08 bits per heavy atom. The lowest BCUT2D eigenvalue weighted by Gasteiger charge is -2.15. The number of ketones is 2. The van der Waals surface area contributed by atoms with Gasteiger partial charge in [0.25, 0.3) is 0 Å². The van der Waals surface area contributed by atoms with Crippen LogP contribution in [0.15, 0.2) is 18.5 Å². The van der Waals surface area contributed by atoms with Crippen LogP contribution in [0.1, 0.15) is 49.4 Å². The van der Waals surface area contributed by atoms with Crippen LogP contribution in [-0.4, -0.2) is 42.3 Å². The van der Waals surface area contributed by atoms with E-state index in [4.69, 9.17) is 21.1 Å². The standard InChI is InChI=1S/C19H24ClNO5/c1-2-26-18(23)5-3-4-16(17(22)12-25-11-13-6-7-13)19(24)14-8-15(20)10-21-9-14/h8-10,13,16H,2-7,11-12H2,1H3. The van der Waals surface area contributed by atoms with Gasteiger partial charge in [0.15, 0.2) is 11.6 Å². The maximum atomic E-state index is 12.8. The van der Waals surface area contributed by atoms with E-state index in [-0.39, 0.29) is 42.5 Å². The van der Waals surface area contributed by atoms with Gasteiger partial charge in [0, 0.05) is 31.0 Å².